The third-order valence-corrected chi connectivity index (χ3v) is 7.22. The Morgan fingerprint density at radius 3 is 2.44 bits per heavy atom. The third kappa shape index (κ3) is 4.36. The molecule has 0 aliphatic carbocycles. The van der Waals surface area contributed by atoms with Gasteiger partial charge in [0.15, 0.2) is 5.60 Å². The zero-order valence-corrected chi connectivity index (χ0v) is 18.0. The first-order valence-electron chi connectivity index (χ1n) is 10.0. The van der Waals surface area contributed by atoms with Gasteiger partial charge < -0.3 is 15.6 Å². The minimum absolute atomic E-state index is 0.0395. The number of rotatable bonds is 8. The number of aromatic nitrogens is 1. The minimum Gasteiger partial charge on any atom is -0.480 e. The van der Waals surface area contributed by atoms with Gasteiger partial charge in [-0.15, -0.1) is 0 Å². The fraction of sp³-hybridized carbons (Fsp3) is 0.217. The molecule has 0 radical (unpaired) electrons. The molecule has 1 saturated heterocycles. The molecule has 8 nitrogen and oxygen atoms in total. The summed E-state index contributed by atoms with van der Waals surface area (Å²) in [6.45, 7) is 0.279. The van der Waals surface area contributed by atoms with Crippen LogP contribution in [0.5, 0.6) is 5.75 Å². The van der Waals surface area contributed by atoms with Gasteiger partial charge in [-0.3, -0.25) is 9.78 Å². The molecule has 32 heavy (non-hydrogen) atoms. The molecule has 2 aromatic carbocycles. The second kappa shape index (κ2) is 8.70. The fourth-order valence-corrected chi connectivity index (χ4v) is 5.30. The zero-order valence-electron chi connectivity index (χ0n) is 17.2. The molecular weight excluding hydrogens is 430 g/mol. The van der Waals surface area contributed by atoms with Crippen LogP contribution in [0.4, 0.5) is 0 Å². The number of hydrogen-bond donors (Lipinski definition) is 2. The lowest BCUT2D eigenvalue weighted by Gasteiger charge is -2.48. The van der Waals surface area contributed by atoms with Gasteiger partial charge in [0.2, 0.25) is 10.0 Å². The number of pyridine rings is 1. The first-order chi connectivity index (χ1) is 15.3. The standard InChI is InChI=1S/C23H23N3O5S/c24-21(22(27)28)14-17-5-4-8-20(13-17)32(29,30)26-15-23(16-26,18-6-2-1-3-7-18)31-19-9-11-25-12-10-19/h1-13,21H,14-16,24H2,(H,27,28)/t21-/m0/s1. The maximum absolute atomic E-state index is 13.3. The Morgan fingerprint density at radius 2 is 1.78 bits per heavy atom. The summed E-state index contributed by atoms with van der Waals surface area (Å²) >= 11 is 0. The van der Waals surface area contributed by atoms with E-state index < -0.39 is 27.6 Å². The molecule has 3 N–H and O–H groups in total. The Balaban J connectivity index is 1.58. The molecule has 166 valence electrons. The summed E-state index contributed by atoms with van der Waals surface area (Å²) in [6, 6.07) is 18.1. The van der Waals surface area contributed by atoms with Crippen molar-refractivity contribution in [3.63, 3.8) is 0 Å². The van der Waals surface area contributed by atoms with Crippen molar-refractivity contribution in [3.05, 3.63) is 90.3 Å². The molecule has 1 aliphatic rings. The molecule has 1 aliphatic heterocycles. The molecule has 9 heteroatoms. The summed E-state index contributed by atoms with van der Waals surface area (Å²) in [5.41, 5.74) is 6.20. The maximum Gasteiger partial charge on any atom is 0.320 e. The van der Waals surface area contributed by atoms with Gasteiger partial charge in [0.25, 0.3) is 0 Å². The Kier molecular flexibility index (Phi) is 5.96. The van der Waals surface area contributed by atoms with Crippen LogP contribution < -0.4 is 10.5 Å². The number of nitrogens with zero attached hydrogens (tertiary/aromatic N) is 2. The van der Waals surface area contributed by atoms with E-state index in [1.165, 1.54) is 16.4 Å². The van der Waals surface area contributed by atoms with Crippen molar-refractivity contribution >= 4 is 16.0 Å². The van der Waals surface area contributed by atoms with E-state index in [0.29, 0.717) is 11.3 Å². The van der Waals surface area contributed by atoms with Gasteiger partial charge in [0.05, 0.1) is 18.0 Å². The monoisotopic (exact) mass is 453 g/mol. The maximum atomic E-state index is 13.3. The molecular formula is C23H23N3O5S. The van der Waals surface area contributed by atoms with Gasteiger partial charge >= 0.3 is 5.97 Å². The summed E-state index contributed by atoms with van der Waals surface area (Å²) in [4.78, 5) is 15.1. The van der Waals surface area contributed by atoms with E-state index in [1.807, 2.05) is 30.3 Å². The lowest BCUT2D eigenvalue weighted by atomic mass is 9.87. The predicted molar refractivity (Wildman–Crippen MR) is 118 cm³/mol. The van der Waals surface area contributed by atoms with Crippen LogP contribution in [0.3, 0.4) is 0 Å². The summed E-state index contributed by atoms with van der Waals surface area (Å²) < 4.78 is 34.2. The average Bonchev–Trinajstić information content (AvgIpc) is 2.77. The molecule has 0 bridgehead atoms. The van der Waals surface area contributed by atoms with Crippen LogP contribution in [0.25, 0.3) is 0 Å². The first kappa shape index (κ1) is 21.9. The number of benzene rings is 2. The van der Waals surface area contributed by atoms with Crippen molar-refractivity contribution in [2.45, 2.75) is 23.0 Å². The lowest BCUT2D eigenvalue weighted by molar-refractivity contribution is -0.138. The van der Waals surface area contributed by atoms with Crippen LogP contribution in [0.15, 0.2) is 84.0 Å². The van der Waals surface area contributed by atoms with Gasteiger partial charge in [-0.25, -0.2) is 8.42 Å². The number of hydrogen-bond acceptors (Lipinski definition) is 6. The minimum atomic E-state index is -3.80. The van der Waals surface area contributed by atoms with E-state index >= 15 is 0 Å². The van der Waals surface area contributed by atoms with Gasteiger partial charge in [-0.05, 0) is 41.8 Å². The molecule has 1 fully saturated rings. The number of ether oxygens (including phenoxy) is 1. The Hall–Kier alpha value is -3.27. The number of aliphatic carboxylic acids is 1. The number of carboxylic acid groups (broad SMARTS) is 1. The zero-order chi connectivity index (χ0) is 22.8. The van der Waals surface area contributed by atoms with E-state index in [1.54, 1.807) is 36.7 Å². The highest BCUT2D eigenvalue weighted by molar-refractivity contribution is 7.89. The molecule has 1 atom stereocenters. The van der Waals surface area contributed by atoms with E-state index in [0.717, 1.165) is 5.56 Å². The third-order valence-electron chi connectivity index (χ3n) is 5.44. The Labute approximate surface area is 186 Å². The van der Waals surface area contributed by atoms with Gasteiger partial charge in [0, 0.05) is 12.4 Å². The fourth-order valence-electron chi connectivity index (χ4n) is 3.70. The summed E-state index contributed by atoms with van der Waals surface area (Å²) in [7, 11) is -3.80. The van der Waals surface area contributed by atoms with E-state index in [9.17, 15) is 13.2 Å². The molecule has 0 spiro atoms. The van der Waals surface area contributed by atoms with Crippen LogP contribution in [0, 0.1) is 0 Å². The van der Waals surface area contributed by atoms with Crippen LogP contribution in [0.1, 0.15) is 11.1 Å². The largest absolute Gasteiger partial charge is 0.480 e. The first-order valence-corrected chi connectivity index (χ1v) is 11.5. The van der Waals surface area contributed by atoms with E-state index in [2.05, 4.69) is 4.98 Å². The summed E-state index contributed by atoms with van der Waals surface area (Å²) in [5, 5.41) is 9.03. The van der Waals surface area contributed by atoms with Gasteiger partial charge in [-0.1, -0.05) is 42.5 Å². The second-order valence-corrected chi connectivity index (χ2v) is 9.65. The number of sulfonamides is 1. The highest BCUT2D eigenvalue weighted by atomic mass is 32.2. The molecule has 2 heterocycles. The quantitative estimate of drug-likeness (QED) is 0.535. The normalized spacial score (nSPS) is 16.7. The van der Waals surface area contributed by atoms with Gasteiger partial charge in [0.1, 0.15) is 11.8 Å². The molecule has 3 aromatic rings. The van der Waals surface area contributed by atoms with Crippen LogP contribution in [0.2, 0.25) is 0 Å². The predicted octanol–water partition coefficient (Wildman–Crippen LogP) is 2.01. The average molecular weight is 454 g/mol. The molecule has 0 amide bonds. The number of carboxylic acids is 1. The van der Waals surface area contributed by atoms with Gasteiger partial charge in [-0.2, -0.15) is 4.31 Å². The number of nitrogens with two attached hydrogens (primary N) is 1. The Morgan fingerprint density at radius 1 is 1.09 bits per heavy atom. The van der Waals surface area contributed by atoms with Crippen molar-refractivity contribution in [2.24, 2.45) is 5.73 Å². The molecule has 0 unspecified atom stereocenters. The second-order valence-electron chi connectivity index (χ2n) is 7.71. The van der Waals surface area contributed by atoms with Crippen molar-refractivity contribution in [3.8, 4) is 5.75 Å². The summed E-state index contributed by atoms with van der Waals surface area (Å²) in [5.74, 6) is -0.535. The topological polar surface area (TPSA) is 123 Å². The SMILES string of the molecule is N[C@@H](Cc1cccc(S(=O)(=O)N2CC(Oc3ccncc3)(c3ccccc3)C2)c1)C(=O)O. The Bertz CT molecular complexity index is 1200. The highest BCUT2D eigenvalue weighted by Crippen LogP contribution is 2.39. The van der Waals surface area contributed by atoms with Crippen molar-refractivity contribution in [1.82, 2.24) is 9.29 Å². The highest BCUT2D eigenvalue weighted by Gasteiger charge is 2.52. The molecule has 4 rings (SSSR count). The van der Waals surface area contributed by atoms with Crippen LogP contribution >= 0.6 is 0 Å². The van der Waals surface area contributed by atoms with Crippen LogP contribution in [-0.4, -0.2) is 47.9 Å². The molecule has 1 aromatic heterocycles. The smallest absolute Gasteiger partial charge is 0.320 e. The van der Waals surface area contributed by atoms with Crippen molar-refractivity contribution < 1.29 is 23.1 Å². The van der Waals surface area contributed by atoms with E-state index in [-0.39, 0.29) is 24.4 Å². The van der Waals surface area contributed by atoms with Crippen molar-refractivity contribution in [2.75, 3.05) is 13.1 Å². The van der Waals surface area contributed by atoms with Crippen LogP contribution in [-0.2, 0) is 26.8 Å². The summed E-state index contributed by atoms with van der Waals surface area (Å²) in [6.07, 6.45) is 3.28. The van der Waals surface area contributed by atoms with Crippen molar-refractivity contribution in [1.29, 1.82) is 0 Å². The van der Waals surface area contributed by atoms with E-state index in [4.69, 9.17) is 15.6 Å². The number of carbonyl (C=O) groups is 1. The lowest BCUT2D eigenvalue weighted by Crippen LogP contribution is -2.64. The molecule has 0 saturated carbocycles.